The van der Waals surface area contributed by atoms with Crippen LogP contribution in [-0.4, -0.2) is 22.2 Å². The molecule has 0 saturated heterocycles. The Hall–Kier alpha value is -4.28. The Labute approximate surface area is 162 Å². The molecule has 0 aliphatic heterocycles. The number of aromatic carboxylic acids is 2. The van der Waals surface area contributed by atoms with Crippen molar-refractivity contribution < 1.29 is 19.8 Å². The van der Waals surface area contributed by atoms with E-state index >= 15 is 0 Å². The van der Waals surface area contributed by atoms with E-state index in [0.29, 0.717) is 11.1 Å². The fourth-order valence-electron chi connectivity index (χ4n) is 2.42. The molecule has 0 heterocycles. The van der Waals surface area contributed by atoms with Gasteiger partial charge in [-0.2, -0.15) is 0 Å². The highest BCUT2D eigenvalue weighted by molar-refractivity contribution is 5.88. The van der Waals surface area contributed by atoms with E-state index in [0.717, 1.165) is 11.1 Å². The fraction of sp³-hybridized carbons (Fsp3) is 0. The number of carboxylic acids is 2. The maximum Gasteiger partial charge on any atom is 0.335 e. The molecule has 3 rings (SSSR count). The SMILES string of the molecule is O=C(O)c1cccc(C#Cc2cccc(C#Cc3cccc(C(=O)O)c3)c2)c1. The third-order valence-corrected chi connectivity index (χ3v) is 3.78. The van der Waals surface area contributed by atoms with Gasteiger partial charge in [0.15, 0.2) is 0 Å². The van der Waals surface area contributed by atoms with Crippen LogP contribution in [0.3, 0.4) is 0 Å². The van der Waals surface area contributed by atoms with Crippen molar-refractivity contribution in [2.24, 2.45) is 0 Å². The standard InChI is InChI=1S/C24H14O4/c25-23(26)21-8-2-6-19(15-21)12-10-17-4-1-5-18(14-17)11-13-20-7-3-9-22(16-20)24(27)28/h1-9,14-16H,(H,25,26)(H,27,28). The van der Waals surface area contributed by atoms with E-state index in [1.807, 2.05) is 24.3 Å². The van der Waals surface area contributed by atoms with Crippen molar-refractivity contribution in [3.8, 4) is 23.7 Å². The van der Waals surface area contributed by atoms with Gasteiger partial charge in [0.25, 0.3) is 0 Å². The van der Waals surface area contributed by atoms with Gasteiger partial charge in [-0.15, -0.1) is 0 Å². The smallest absolute Gasteiger partial charge is 0.335 e. The first-order valence-electron chi connectivity index (χ1n) is 8.32. The summed E-state index contributed by atoms with van der Waals surface area (Å²) in [5, 5.41) is 18.1. The third-order valence-electron chi connectivity index (χ3n) is 3.78. The Balaban J connectivity index is 1.83. The summed E-state index contributed by atoms with van der Waals surface area (Å²) in [5.41, 5.74) is 3.09. The predicted molar refractivity (Wildman–Crippen MR) is 105 cm³/mol. The maximum atomic E-state index is 11.0. The first kappa shape index (κ1) is 18.5. The minimum atomic E-state index is -0.993. The van der Waals surface area contributed by atoms with Crippen molar-refractivity contribution in [3.05, 3.63) is 106 Å². The quantitative estimate of drug-likeness (QED) is 0.675. The molecule has 28 heavy (non-hydrogen) atoms. The predicted octanol–water partition coefficient (Wildman–Crippen LogP) is 3.88. The van der Waals surface area contributed by atoms with Gasteiger partial charge in [0.05, 0.1) is 11.1 Å². The molecule has 0 aliphatic rings. The molecule has 0 spiro atoms. The summed E-state index contributed by atoms with van der Waals surface area (Å²) < 4.78 is 0. The molecular formula is C24H14O4. The summed E-state index contributed by atoms with van der Waals surface area (Å²) in [7, 11) is 0. The summed E-state index contributed by atoms with van der Waals surface area (Å²) in [6, 6.07) is 20.2. The molecule has 0 saturated carbocycles. The first-order chi connectivity index (χ1) is 13.5. The topological polar surface area (TPSA) is 74.6 Å². The summed E-state index contributed by atoms with van der Waals surface area (Å²) in [4.78, 5) is 22.0. The molecule has 0 fully saturated rings. The molecule has 3 aromatic rings. The molecule has 0 bridgehead atoms. The normalized spacial score (nSPS) is 9.43. The van der Waals surface area contributed by atoms with Crippen LogP contribution < -0.4 is 0 Å². The lowest BCUT2D eigenvalue weighted by molar-refractivity contribution is 0.0686. The number of hydrogen-bond acceptors (Lipinski definition) is 2. The van der Waals surface area contributed by atoms with Crippen LogP contribution >= 0.6 is 0 Å². The van der Waals surface area contributed by atoms with Crippen LogP contribution in [0.5, 0.6) is 0 Å². The molecule has 0 aromatic heterocycles. The minimum absolute atomic E-state index is 0.190. The van der Waals surface area contributed by atoms with E-state index in [-0.39, 0.29) is 11.1 Å². The van der Waals surface area contributed by atoms with E-state index in [1.165, 1.54) is 24.3 Å². The number of rotatable bonds is 2. The van der Waals surface area contributed by atoms with Crippen molar-refractivity contribution in [1.29, 1.82) is 0 Å². The number of carboxylic acid groups (broad SMARTS) is 2. The van der Waals surface area contributed by atoms with Gasteiger partial charge in [0, 0.05) is 22.3 Å². The second-order valence-corrected chi connectivity index (χ2v) is 5.85. The van der Waals surface area contributed by atoms with Crippen molar-refractivity contribution in [1.82, 2.24) is 0 Å². The second kappa shape index (κ2) is 8.40. The Morgan fingerprint density at radius 3 is 1.21 bits per heavy atom. The van der Waals surface area contributed by atoms with Crippen LogP contribution in [0.25, 0.3) is 0 Å². The third kappa shape index (κ3) is 4.88. The highest BCUT2D eigenvalue weighted by atomic mass is 16.4. The zero-order chi connectivity index (χ0) is 19.9. The summed E-state index contributed by atoms with van der Waals surface area (Å²) in [6.45, 7) is 0. The number of carbonyl (C=O) groups is 2. The summed E-state index contributed by atoms with van der Waals surface area (Å²) in [6.07, 6.45) is 0. The molecule has 0 atom stereocenters. The van der Waals surface area contributed by atoms with E-state index < -0.39 is 11.9 Å². The zero-order valence-electron chi connectivity index (χ0n) is 14.6. The average molecular weight is 366 g/mol. The van der Waals surface area contributed by atoms with Gasteiger partial charge < -0.3 is 10.2 Å². The Morgan fingerprint density at radius 2 is 0.857 bits per heavy atom. The molecule has 4 heteroatoms. The van der Waals surface area contributed by atoms with Gasteiger partial charge in [0.2, 0.25) is 0 Å². The first-order valence-corrected chi connectivity index (χ1v) is 8.32. The van der Waals surface area contributed by atoms with Crippen LogP contribution in [-0.2, 0) is 0 Å². The molecule has 134 valence electrons. The molecule has 0 radical (unpaired) electrons. The molecule has 0 aliphatic carbocycles. The zero-order valence-corrected chi connectivity index (χ0v) is 14.6. The van der Waals surface area contributed by atoms with Crippen molar-refractivity contribution in [2.75, 3.05) is 0 Å². The minimum Gasteiger partial charge on any atom is -0.478 e. The highest BCUT2D eigenvalue weighted by Gasteiger charge is 2.02. The lowest BCUT2D eigenvalue weighted by atomic mass is 10.1. The molecule has 0 amide bonds. The molecule has 0 unspecified atom stereocenters. The van der Waals surface area contributed by atoms with Crippen molar-refractivity contribution in [2.45, 2.75) is 0 Å². The average Bonchev–Trinajstić information content (AvgIpc) is 2.71. The van der Waals surface area contributed by atoms with E-state index in [1.54, 1.807) is 24.3 Å². The summed E-state index contributed by atoms with van der Waals surface area (Å²) >= 11 is 0. The largest absolute Gasteiger partial charge is 0.478 e. The van der Waals surface area contributed by atoms with Gasteiger partial charge in [-0.05, 0) is 54.6 Å². The monoisotopic (exact) mass is 366 g/mol. The maximum absolute atomic E-state index is 11.0. The van der Waals surface area contributed by atoms with E-state index in [9.17, 15) is 9.59 Å². The van der Waals surface area contributed by atoms with Crippen molar-refractivity contribution >= 4 is 11.9 Å². The molecular weight excluding hydrogens is 352 g/mol. The van der Waals surface area contributed by atoms with Gasteiger partial charge in [-0.1, -0.05) is 41.9 Å². The van der Waals surface area contributed by atoms with Gasteiger partial charge in [-0.25, -0.2) is 9.59 Å². The summed E-state index contributed by atoms with van der Waals surface area (Å²) in [5.74, 6) is 9.92. The Kier molecular flexibility index (Phi) is 5.55. The molecule has 3 aromatic carbocycles. The highest BCUT2D eigenvalue weighted by Crippen LogP contribution is 2.08. The van der Waals surface area contributed by atoms with Crippen LogP contribution in [0.2, 0.25) is 0 Å². The van der Waals surface area contributed by atoms with E-state index in [2.05, 4.69) is 23.7 Å². The van der Waals surface area contributed by atoms with Gasteiger partial charge >= 0.3 is 11.9 Å². The molecule has 2 N–H and O–H groups in total. The number of benzene rings is 3. The Morgan fingerprint density at radius 1 is 0.536 bits per heavy atom. The second-order valence-electron chi connectivity index (χ2n) is 5.85. The van der Waals surface area contributed by atoms with Crippen LogP contribution in [0.4, 0.5) is 0 Å². The van der Waals surface area contributed by atoms with E-state index in [4.69, 9.17) is 10.2 Å². The van der Waals surface area contributed by atoms with Crippen LogP contribution in [0.15, 0.2) is 72.8 Å². The van der Waals surface area contributed by atoms with Gasteiger partial charge in [-0.3, -0.25) is 0 Å². The van der Waals surface area contributed by atoms with Crippen molar-refractivity contribution in [3.63, 3.8) is 0 Å². The Bertz CT molecular complexity index is 1090. The molecule has 4 nitrogen and oxygen atoms in total. The fourth-order valence-corrected chi connectivity index (χ4v) is 2.42. The van der Waals surface area contributed by atoms with Crippen LogP contribution in [0.1, 0.15) is 43.0 Å². The lowest BCUT2D eigenvalue weighted by Crippen LogP contribution is -1.95. The van der Waals surface area contributed by atoms with Gasteiger partial charge in [0.1, 0.15) is 0 Å². The lowest BCUT2D eigenvalue weighted by Gasteiger charge is -1.96. The van der Waals surface area contributed by atoms with Crippen LogP contribution in [0, 0.1) is 23.7 Å². The number of hydrogen-bond donors (Lipinski definition) is 2.